The zero-order valence-corrected chi connectivity index (χ0v) is 19.2. The van der Waals surface area contributed by atoms with Gasteiger partial charge in [-0.3, -0.25) is 9.97 Å². The van der Waals surface area contributed by atoms with Gasteiger partial charge in [0.1, 0.15) is 0 Å². The van der Waals surface area contributed by atoms with Gasteiger partial charge in [-0.25, -0.2) is 0 Å². The summed E-state index contributed by atoms with van der Waals surface area (Å²) >= 11 is 0. The molecule has 2 heteroatoms. The zero-order chi connectivity index (χ0) is 21.3. The minimum atomic E-state index is 1.01. The average molecular weight is 401 g/mol. The van der Waals surface area contributed by atoms with Gasteiger partial charge >= 0.3 is 0 Å². The molecule has 3 rings (SSSR count). The predicted octanol–water partition coefficient (Wildman–Crippen LogP) is 7.62. The van der Waals surface area contributed by atoms with Gasteiger partial charge in [-0.15, -0.1) is 0 Å². The van der Waals surface area contributed by atoms with E-state index in [0.717, 1.165) is 62.8 Å². The molecule has 0 bridgehead atoms. The van der Waals surface area contributed by atoms with Crippen LogP contribution in [0, 0.1) is 0 Å². The van der Waals surface area contributed by atoms with Crippen LogP contribution in [0.5, 0.6) is 0 Å². The lowest BCUT2D eigenvalue weighted by Crippen LogP contribution is -2.01. The van der Waals surface area contributed by atoms with Gasteiger partial charge in [0.2, 0.25) is 0 Å². The van der Waals surface area contributed by atoms with Crippen molar-refractivity contribution in [2.24, 2.45) is 0 Å². The Bertz CT molecular complexity index is 814. The van der Waals surface area contributed by atoms with Crippen LogP contribution < -0.4 is 0 Å². The van der Waals surface area contributed by atoms with Crippen molar-refractivity contribution in [3.63, 3.8) is 0 Å². The quantitative estimate of drug-likeness (QED) is 0.350. The number of aryl methyl sites for hydroxylation is 4. The molecule has 0 atom stereocenters. The lowest BCUT2D eigenvalue weighted by molar-refractivity contribution is 0.893. The highest BCUT2D eigenvalue weighted by atomic mass is 14.8. The van der Waals surface area contributed by atoms with E-state index >= 15 is 0 Å². The number of nitrogens with zero attached hydrogens (tertiary/aromatic N) is 2. The fourth-order valence-electron chi connectivity index (χ4n) is 4.46. The third kappa shape index (κ3) is 4.98. The molecular weight excluding hydrogens is 364 g/mol. The molecule has 0 saturated carbocycles. The Kier molecular flexibility index (Phi) is 8.19. The van der Waals surface area contributed by atoms with Crippen molar-refractivity contribution in [3.05, 3.63) is 71.0 Å². The SMILES string of the molecule is CCCc1cccc(CCC)c1-c1cnc(-c2c(CCC)cccc2CCC)cn1. The Balaban J connectivity index is 2.07. The van der Waals surface area contributed by atoms with Crippen LogP contribution >= 0.6 is 0 Å². The smallest absolute Gasteiger partial charge is 0.0891 e. The Morgan fingerprint density at radius 2 is 0.800 bits per heavy atom. The van der Waals surface area contributed by atoms with Gasteiger partial charge in [0.05, 0.1) is 23.8 Å². The second-order valence-electron chi connectivity index (χ2n) is 8.19. The Labute approximate surface area is 182 Å². The molecular formula is C28H36N2. The summed E-state index contributed by atoms with van der Waals surface area (Å²) in [7, 11) is 0. The molecule has 2 nitrogen and oxygen atoms in total. The van der Waals surface area contributed by atoms with E-state index in [-0.39, 0.29) is 0 Å². The third-order valence-electron chi connectivity index (χ3n) is 5.72. The summed E-state index contributed by atoms with van der Waals surface area (Å²) in [6.07, 6.45) is 12.9. The number of benzene rings is 2. The first kappa shape index (κ1) is 22.2. The van der Waals surface area contributed by atoms with E-state index in [1.54, 1.807) is 0 Å². The van der Waals surface area contributed by atoms with Crippen molar-refractivity contribution in [1.29, 1.82) is 0 Å². The summed E-state index contributed by atoms with van der Waals surface area (Å²) < 4.78 is 0. The van der Waals surface area contributed by atoms with Gasteiger partial charge in [-0.1, -0.05) is 89.8 Å². The van der Waals surface area contributed by atoms with Crippen LogP contribution in [-0.4, -0.2) is 9.97 Å². The van der Waals surface area contributed by atoms with Crippen LogP contribution in [0.3, 0.4) is 0 Å². The molecule has 0 unspecified atom stereocenters. The maximum atomic E-state index is 4.95. The maximum absolute atomic E-state index is 4.95. The molecule has 0 aliphatic heterocycles. The monoisotopic (exact) mass is 400 g/mol. The minimum absolute atomic E-state index is 1.01. The molecule has 1 aromatic heterocycles. The molecule has 0 aliphatic carbocycles. The molecule has 0 amide bonds. The van der Waals surface area contributed by atoms with E-state index in [9.17, 15) is 0 Å². The molecule has 0 aliphatic rings. The van der Waals surface area contributed by atoms with Gasteiger partial charge in [-0.05, 0) is 47.9 Å². The molecule has 1 heterocycles. The Morgan fingerprint density at radius 3 is 1.03 bits per heavy atom. The van der Waals surface area contributed by atoms with E-state index < -0.39 is 0 Å². The number of rotatable bonds is 10. The molecule has 0 radical (unpaired) electrons. The van der Waals surface area contributed by atoms with E-state index in [1.165, 1.54) is 33.4 Å². The lowest BCUT2D eigenvalue weighted by atomic mass is 9.92. The summed E-state index contributed by atoms with van der Waals surface area (Å²) in [6.45, 7) is 8.96. The van der Waals surface area contributed by atoms with Crippen LogP contribution in [0.2, 0.25) is 0 Å². The largest absolute Gasteiger partial charge is 0.252 e. The fraction of sp³-hybridized carbons (Fsp3) is 0.429. The number of hydrogen-bond acceptors (Lipinski definition) is 2. The van der Waals surface area contributed by atoms with E-state index in [1.807, 2.05) is 12.4 Å². The molecule has 3 aromatic rings. The van der Waals surface area contributed by atoms with Crippen LogP contribution in [0.4, 0.5) is 0 Å². The van der Waals surface area contributed by atoms with Gasteiger partial charge < -0.3 is 0 Å². The van der Waals surface area contributed by atoms with Gasteiger partial charge in [0, 0.05) is 11.1 Å². The molecule has 0 spiro atoms. The Morgan fingerprint density at radius 1 is 0.500 bits per heavy atom. The first-order valence-corrected chi connectivity index (χ1v) is 11.8. The van der Waals surface area contributed by atoms with E-state index in [0.29, 0.717) is 0 Å². The fourth-order valence-corrected chi connectivity index (χ4v) is 4.46. The first-order chi connectivity index (χ1) is 14.7. The van der Waals surface area contributed by atoms with Crippen LogP contribution in [0.1, 0.15) is 75.6 Å². The highest BCUT2D eigenvalue weighted by Crippen LogP contribution is 2.31. The van der Waals surface area contributed by atoms with Gasteiger partial charge in [-0.2, -0.15) is 0 Å². The first-order valence-electron chi connectivity index (χ1n) is 11.8. The highest BCUT2D eigenvalue weighted by Gasteiger charge is 2.15. The van der Waals surface area contributed by atoms with Crippen molar-refractivity contribution < 1.29 is 0 Å². The standard InChI is InChI=1S/C28H36N2/c1-5-11-21-15-9-16-22(12-6-2)27(21)25-19-30-26(20-29-25)28-23(13-7-3)17-10-18-24(28)14-8-4/h9-10,15-20H,5-8,11-14H2,1-4H3. The van der Waals surface area contributed by atoms with Crippen molar-refractivity contribution in [2.45, 2.75) is 79.1 Å². The molecule has 0 saturated heterocycles. The summed E-state index contributed by atoms with van der Waals surface area (Å²) in [5, 5.41) is 0. The molecule has 158 valence electrons. The van der Waals surface area contributed by atoms with Crippen molar-refractivity contribution >= 4 is 0 Å². The zero-order valence-electron chi connectivity index (χ0n) is 19.2. The van der Waals surface area contributed by atoms with Gasteiger partial charge in [0.15, 0.2) is 0 Å². The predicted molar refractivity (Wildman–Crippen MR) is 129 cm³/mol. The summed E-state index contributed by atoms with van der Waals surface area (Å²) in [6, 6.07) is 13.4. The van der Waals surface area contributed by atoms with Crippen LogP contribution in [-0.2, 0) is 25.7 Å². The van der Waals surface area contributed by atoms with E-state index in [2.05, 4.69) is 64.1 Å². The number of hydrogen-bond donors (Lipinski definition) is 0. The molecule has 0 N–H and O–H groups in total. The molecule has 30 heavy (non-hydrogen) atoms. The minimum Gasteiger partial charge on any atom is -0.252 e. The molecule has 0 fully saturated rings. The highest BCUT2D eigenvalue weighted by molar-refractivity contribution is 5.71. The lowest BCUT2D eigenvalue weighted by Gasteiger charge is -2.16. The van der Waals surface area contributed by atoms with Crippen LogP contribution in [0.15, 0.2) is 48.8 Å². The molecule has 2 aromatic carbocycles. The number of aromatic nitrogens is 2. The van der Waals surface area contributed by atoms with Crippen molar-refractivity contribution in [1.82, 2.24) is 9.97 Å². The maximum Gasteiger partial charge on any atom is 0.0891 e. The Hall–Kier alpha value is -2.48. The summed E-state index contributed by atoms with van der Waals surface area (Å²) in [4.78, 5) is 9.90. The third-order valence-corrected chi connectivity index (χ3v) is 5.72. The topological polar surface area (TPSA) is 25.8 Å². The van der Waals surface area contributed by atoms with Crippen molar-refractivity contribution in [3.8, 4) is 22.5 Å². The van der Waals surface area contributed by atoms with Gasteiger partial charge in [0.25, 0.3) is 0 Å². The second kappa shape index (κ2) is 11.1. The average Bonchev–Trinajstić information content (AvgIpc) is 2.76. The van der Waals surface area contributed by atoms with Crippen LogP contribution in [0.25, 0.3) is 22.5 Å². The second-order valence-corrected chi connectivity index (χ2v) is 8.19. The summed E-state index contributed by atoms with van der Waals surface area (Å²) in [5.41, 5.74) is 10.2. The van der Waals surface area contributed by atoms with Crippen molar-refractivity contribution in [2.75, 3.05) is 0 Å². The normalized spacial score (nSPS) is 11.1. The van der Waals surface area contributed by atoms with E-state index in [4.69, 9.17) is 9.97 Å². The summed E-state index contributed by atoms with van der Waals surface area (Å²) in [5.74, 6) is 0.